The van der Waals surface area contributed by atoms with Gasteiger partial charge in [-0.05, 0) is 32.4 Å². The fourth-order valence-corrected chi connectivity index (χ4v) is 2.37. The summed E-state index contributed by atoms with van der Waals surface area (Å²) in [4.78, 5) is 0. The Kier molecular flexibility index (Phi) is 3.17. The van der Waals surface area contributed by atoms with E-state index in [4.69, 9.17) is 5.73 Å². The molecule has 106 valence electrons. The summed E-state index contributed by atoms with van der Waals surface area (Å²) >= 11 is 0. The second-order valence-electron chi connectivity index (χ2n) is 5.21. The summed E-state index contributed by atoms with van der Waals surface area (Å²) < 4.78 is 0. The van der Waals surface area contributed by atoms with Gasteiger partial charge >= 0.3 is 0 Å². The largest absolute Gasteiger partial charge is 0.382 e. The van der Waals surface area contributed by atoms with Crippen molar-refractivity contribution in [3.8, 4) is 22.4 Å². The highest BCUT2D eigenvalue weighted by Gasteiger charge is 2.17. The number of nitrogen functional groups attached to an aromatic ring is 1. The molecule has 3 rings (SSSR count). The summed E-state index contributed by atoms with van der Waals surface area (Å²) in [5, 5.41) is 15.4. The van der Waals surface area contributed by atoms with Crippen LogP contribution in [0, 0.1) is 20.8 Å². The smallest absolute Gasteiger partial charge is 0.153 e. The molecule has 0 bridgehead atoms. The van der Waals surface area contributed by atoms with Crippen molar-refractivity contribution >= 4 is 5.82 Å². The van der Waals surface area contributed by atoms with Crippen LogP contribution in [0.15, 0.2) is 30.3 Å². The highest BCUT2D eigenvalue weighted by molar-refractivity contribution is 5.88. The van der Waals surface area contributed by atoms with Crippen molar-refractivity contribution in [2.75, 3.05) is 5.73 Å². The molecule has 3 aromatic rings. The minimum atomic E-state index is 0.489. The molecule has 0 fully saturated rings. The van der Waals surface area contributed by atoms with Crippen molar-refractivity contribution in [3.63, 3.8) is 0 Å². The first-order valence-electron chi connectivity index (χ1n) is 6.78. The maximum atomic E-state index is 6.06. The molecule has 2 heterocycles. The van der Waals surface area contributed by atoms with Crippen LogP contribution in [0.3, 0.4) is 0 Å². The van der Waals surface area contributed by atoms with Gasteiger partial charge in [0.05, 0.1) is 22.6 Å². The van der Waals surface area contributed by atoms with Crippen LogP contribution in [0.4, 0.5) is 5.82 Å². The van der Waals surface area contributed by atoms with Crippen molar-refractivity contribution < 1.29 is 0 Å². The summed E-state index contributed by atoms with van der Waals surface area (Å²) in [5.74, 6) is 0.489. The maximum Gasteiger partial charge on any atom is 0.153 e. The molecule has 0 amide bonds. The molecule has 0 aliphatic carbocycles. The molecule has 3 N–H and O–H groups in total. The van der Waals surface area contributed by atoms with Crippen LogP contribution in [0.2, 0.25) is 0 Å². The van der Waals surface area contributed by atoms with Gasteiger partial charge in [0.25, 0.3) is 0 Å². The van der Waals surface area contributed by atoms with Crippen molar-refractivity contribution in [3.05, 3.63) is 47.3 Å². The van der Waals surface area contributed by atoms with Crippen LogP contribution in [-0.4, -0.2) is 20.4 Å². The first kappa shape index (κ1) is 13.3. The maximum absolute atomic E-state index is 6.06. The number of nitrogens with one attached hydrogen (secondary N) is 1. The van der Waals surface area contributed by atoms with Gasteiger partial charge in [-0.25, -0.2) is 0 Å². The summed E-state index contributed by atoms with van der Waals surface area (Å²) in [6.45, 7) is 5.91. The zero-order chi connectivity index (χ0) is 15.0. The van der Waals surface area contributed by atoms with Gasteiger partial charge in [0, 0.05) is 5.56 Å². The van der Waals surface area contributed by atoms with Crippen molar-refractivity contribution in [1.82, 2.24) is 20.4 Å². The van der Waals surface area contributed by atoms with Crippen molar-refractivity contribution in [2.24, 2.45) is 0 Å². The summed E-state index contributed by atoms with van der Waals surface area (Å²) in [7, 11) is 0. The van der Waals surface area contributed by atoms with E-state index >= 15 is 0 Å². The third-order valence-corrected chi connectivity index (χ3v) is 3.50. The number of aromatic amines is 1. The van der Waals surface area contributed by atoms with Crippen LogP contribution in [0.25, 0.3) is 22.4 Å². The first-order valence-corrected chi connectivity index (χ1v) is 6.78. The Morgan fingerprint density at radius 1 is 1.00 bits per heavy atom. The number of aromatic nitrogens is 4. The number of anilines is 1. The van der Waals surface area contributed by atoms with E-state index in [9.17, 15) is 0 Å². The molecule has 0 unspecified atom stereocenters. The molecule has 21 heavy (non-hydrogen) atoms. The molecule has 2 aromatic heterocycles. The Hall–Kier alpha value is -2.69. The highest BCUT2D eigenvalue weighted by atomic mass is 15.2. The highest BCUT2D eigenvalue weighted by Crippen LogP contribution is 2.35. The van der Waals surface area contributed by atoms with Gasteiger partial charge in [0.15, 0.2) is 5.82 Å². The Balaban J connectivity index is 2.21. The van der Waals surface area contributed by atoms with E-state index in [0.29, 0.717) is 5.82 Å². The van der Waals surface area contributed by atoms with Crippen molar-refractivity contribution in [2.45, 2.75) is 20.8 Å². The summed E-state index contributed by atoms with van der Waals surface area (Å²) in [6, 6.07) is 10.2. The monoisotopic (exact) mass is 279 g/mol. The number of H-pyrrole nitrogens is 1. The Morgan fingerprint density at radius 2 is 1.71 bits per heavy atom. The Bertz CT molecular complexity index is 787. The zero-order valence-corrected chi connectivity index (χ0v) is 12.3. The molecule has 0 atom stereocenters. The molecule has 5 heteroatoms. The van der Waals surface area contributed by atoms with Crippen LogP contribution >= 0.6 is 0 Å². The van der Waals surface area contributed by atoms with Crippen LogP contribution in [0.5, 0.6) is 0 Å². The minimum Gasteiger partial charge on any atom is -0.382 e. The number of nitrogens with two attached hydrogens (primary N) is 1. The predicted octanol–water partition coefficient (Wildman–Crippen LogP) is 3.04. The molecule has 0 aliphatic rings. The first-order chi connectivity index (χ1) is 10.1. The van der Waals surface area contributed by atoms with E-state index in [2.05, 4.69) is 51.6 Å². The number of aryl methyl sites for hydroxylation is 3. The number of rotatable bonds is 2. The van der Waals surface area contributed by atoms with Gasteiger partial charge in [-0.15, -0.1) is 0 Å². The number of benzene rings is 1. The number of hydrogen-bond donors (Lipinski definition) is 2. The van der Waals surface area contributed by atoms with Gasteiger partial charge < -0.3 is 5.73 Å². The number of hydrogen-bond acceptors (Lipinski definition) is 4. The van der Waals surface area contributed by atoms with E-state index in [1.807, 2.05) is 19.9 Å². The molecule has 0 spiro atoms. The van der Waals surface area contributed by atoms with E-state index in [-0.39, 0.29) is 0 Å². The third kappa shape index (κ3) is 2.38. The normalized spacial score (nSPS) is 10.8. The van der Waals surface area contributed by atoms with Gasteiger partial charge in [0.2, 0.25) is 0 Å². The minimum absolute atomic E-state index is 0.489. The molecule has 0 radical (unpaired) electrons. The van der Waals surface area contributed by atoms with Gasteiger partial charge in [-0.1, -0.05) is 29.8 Å². The van der Waals surface area contributed by atoms with Crippen LogP contribution in [-0.2, 0) is 0 Å². The standard InChI is InChI=1S/C16H17N5/c1-9-4-6-12(7-5-9)14-15(20-21-16(14)17)13-8-10(2)18-19-11(13)3/h4-8H,1-3H3,(H3,17,20,21). The molecule has 0 saturated carbocycles. The lowest BCUT2D eigenvalue weighted by Gasteiger charge is -2.07. The fraction of sp³-hybridized carbons (Fsp3) is 0.188. The van der Waals surface area contributed by atoms with Gasteiger partial charge in [-0.3, -0.25) is 5.10 Å². The molecular weight excluding hydrogens is 262 g/mol. The van der Waals surface area contributed by atoms with Crippen molar-refractivity contribution in [1.29, 1.82) is 0 Å². The average Bonchev–Trinajstić information content (AvgIpc) is 2.84. The molecule has 5 nitrogen and oxygen atoms in total. The topological polar surface area (TPSA) is 80.5 Å². The molecule has 0 saturated heterocycles. The van der Waals surface area contributed by atoms with E-state index in [1.54, 1.807) is 0 Å². The summed E-state index contributed by atoms with van der Waals surface area (Å²) in [5.41, 5.74) is 12.8. The lowest BCUT2D eigenvalue weighted by molar-refractivity contribution is 0.940. The quantitative estimate of drug-likeness (QED) is 0.755. The fourth-order valence-electron chi connectivity index (χ4n) is 2.37. The van der Waals surface area contributed by atoms with E-state index in [1.165, 1.54) is 5.56 Å². The number of nitrogens with zero attached hydrogens (tertiary/aromatic N) is 3. The molecule has 0 aliphatic heterocycles. The zero-order valence-electron chi connectivity index (χ0n) is 12.3. The third-order valence-electron chi connectivity index (χ3n) is 3.50. The van der Waals surface area contributed by atoms with Crippen LogP contribution in [0.1, 0.15) is 17.0 Å². The molecular formula is C16H17N5. The lowest BCUT2D eigenvalue weighted by atomic mass is 9.99. The second-order valence-corrected chi connectivity index (χ2v) is 5.21. The van der Waals surface area contributed by atoms with Crippen LogP contribution < -0.4 is 5.73 Å². The average molecular weight is 279 g/mol. The Morgan fingerprint density at radius 3 is 2.43 bits per heavy atom. The predicted molar refractivity (Wildman–Crippen MR) is 83.7 cm³/mol. The summed E-state index contributed by atoms with van der Waals surface area (Å²) in [6.07, 6.45) is 0. The molecule has 1 aromatic carbocycles. The second kappa shape index (κ2) is 5.01. The lowest BCUT2D eigenvalue weighted by Crippen LogP contribution is -1.95. The van der Waals surface area contributed by atoms with E-state index in [0.717, 1.165) is 33.8 Å². The van der Waals surface area contributed by atoms with Gasteiger partial charge in [0.1, 0.15) is 0 Å². The Labute approximate surface area is 123 Å². The van der Waals surface area contributed by atoms with Gasteiger partial charge in [-0.2, -0.15) is 15.3 Å². The SMILES string of the molecule is Cc1ccc(-c2c(N)n[nH]c2-c2cc(C)nnc2C)cc1. The van der Waals surface area contributed by atoms with E-state index < -0.39 is 0 Å².